The van der Waals surface area contributed by atoms with E-state index in [-0.39, 0.29) is 16.2 Å². The van der Waals surface area contributed by atoms with E-state index in [1.165, 1.54) is 6.08 Å². The minimum Gasteiger partial charge on any atom is -0.497 e. The lowest BCUT2D eigenvalue weighted by Crippen LogP contribution is -2.14. The van der Waals surface area contributed by atoms with Gasteiger partial charge in [-0.2, -0.15) is 0 Å². The van der Waals surface area contributed by atoms with Gasteiger partial charge in [0, 0.05) is 52.0 Å². The van der Waals surface area contributed by atoms with Gasteiger partial charge in [0.05, 0.1) is 12.0 Å². The lowest BCUT2D eigenvalue weighted by Gasteiger charge is -2.19. The number of nitrogens with zero attached hydrogens (tertiary/aromatic N) is 1. The molecule has 0 atom stereocenters. The summed E-state index contributed by atoms with van der Waals surface area (Å²) in [4.78, 5) is 20.2. The molecule has 2 aromatic heterocycles. The lowest BCUT2D eigenvalue weighted by atomic mass is 9.87. The van der Waals surface area contributed by atoms with Gasteiger partial charge in [-0.1, -0.05) is 45.0 Å². The first-order valence-corrected chi connectivity index (χ1v) is 14.8. The van der Waals surface area contributed by atoms with Crippen LogP contribution in [0.5, 0.6) is 5.75 Å². The fraction of sp³-hybridized carbons (Fsp3) is 0.152. The molecular weight excluding hydrogens is 548 g/mol. The number of carbonyl (C=O) groups excluding carboxylic acids is 1. The number of aromatic amines is 1. The van der Waals surface area contributed by atoms with Crippen LogP contribution in [0.1, 0.15) is 32.0 Å². The summed E-state index contributed by atoms with van der Waals surface area (Å²) >= 11 is 0. The molecule has 3 N–H and O–H groups in total. The maximum Gasteiger partial charge on any atom is 0.261 e. The van der Waals surface area contributed by atoms with Crippen molar-refractivity contribution in [2.45, 2.75) is 31.1 Å². The van der Waals surface area contributed by atoms with Crippen LogP contribution in [0, 0.1) is 0 Å². The van der Waals surface area contributed by atoms with Crippen LogP contribution in [0.4, 0.5) is 11.4 Å². The van der Waals surface area contributed by atoms with E-state index in [4.69, 9.17) is 4.74 Å². The summed E-state index contributed by atoms with van der Waals surface area (Å²) in [5.41, 5.74) is 5.11. The van der Waals surface area contributed by atoms with Gasteiger partial charge in [0.15, 0.2) is 0 Å². The summed E-state index contributed by atoms with van der Waals surface area (Å²) in [5.74, 6) is 0.366. The molecule has 0 saturated carbocycles. The molecule has 8 nitrogen and oxygen atoms in total. The number of hydrogen-bond donors (Lipinski definition) is 3. The molecule has 0 aliphatic carbocycles. The fourth-order valence-corrected chi connectivity index (χ4v) is 5.67. The molecule has 1 amide bonds. The van der Waals surface area contributed by atoms with E-state index in [0.717, 1.165) is 27.6 Å². The number of aromatic nitrogens is 2. The summed E-state index contributed by atoms with van der Waals surface area (Å²) in [5, 5.41) is 3.59. The Morgan fingerprint density at radius 3 is 2.36 bits per heavy atom. The molecular formula is C33H32N4O4S. The normalized spacial score (nSPS) is 12.0. The molecule has 9 heteroatoms. The maximum atomic E-state index is 13.3. The van der Waals surface area contributed by atoms with Crippen LogP contribution >= 0.6 is 0 Å². The average Bonchev–Trinajstić information content (AvgIpc) is 3.33. The average molecular weight is 581 g/mol. The van der Waals surface area contributed by atoms with E-state index in [1.54, 1.807) is 62.0 Å². The van der Waals surface area contributed by atoms with Gasteiger partial charge in [-0.15, -0.1) is 0 Å². The highest BCUT2D eigenvalue weighted by Gasteiger charge is 2.19. The Balaban J connectivity index is 1.51. The molecule has 0 radical (unpaired) electrons. The van der Waals surface area contributed by atoms with Gasteiger partial charge in [-0.3, -0.25) is 14.5 Å². The van der Waals surface area contributed by atoms with Crippen molar-refractivity contribution in [3.8, 4) is 16.9 Å². The number of rotatable bonds is 8. The molecule has 3 aromatic carbocycles. The van der Waals surface area contributed by atoms with Gasteiger partial charge in [0.2, 0.25) is 5.91 Å². The number of pyridine rings is 1. The predicted octanol–water partition coefficient (Wildman–Crippen LogP) is 6.99. The first-order chi connectivity index (χ1) is 20.0. The number of nitrogens with one attached hydrogen (secondary N) is 3. The number of hydrogen-bond acceptors (Lipinski definition) is 5. The monoisotopic (exact) mass is 580 g/mol. The van der Waals surface area contributed by atoms with Crippen LogP contribution in [0.15, 0.2) is 102 Å². The van der Waals surface area contributed by atoms with Gasteiger partial charge < -0.3 is 15.0 Å². The van der Waals surface area contributed by atoms with Crippen LogP contribution in [-0.2, 0) is 20.2 Å². The minimum atomic E-state index is -3.83. The number of ether oxygens (including phenoxy) is 1. The van der Waals surface area contributed by atoms with Gasteiger partial charge in [0.1, 0.15) is 5.75 Å². The Kier molecular flexibility index (Phi) is 7.87. The highest BCUT2D eigenvalue weighted by Crippen LogP contribution is 2.36. The molecule has 0 saturated heterocycles. The van der Waals surface area contributed by atoms with E-state index < -0.39 is 10.0 Å². The number of fused-ring (bicyclic) bond motifs is 1. The number of benzene rings is 3. The van der Waals surface area contributed by atoms with E-state index in [0.29, 0.717) is 22.8 Å². The third-order valence-electron chi connectivity index (χ3n) is 6.82. The number of H-pyrrole nitrogens is 1. The van der Waals surface area contributed by atoms with Crippen LogP contribution in [0.25, 0.3) is 28.1 Å². The number of anilines is 2. The van der Waals surface area contributed by atoms with Crippen LogP contribution in [0.3, 0.4) is 0 Å². The molecule has 5 rings (SSSR count). The Morgan fingerprint density at radius 1 is 0.929 bits per heavy atom. The standard InChI is InChI=1S/C33H32N4O4S/c1-33(2,3)23-8-11-27(12-9-23)42(39,40)37-25-10-13-29-28(21-25)32(22-6-5-7-26(20-22)41-4)30(36-29)14-15-31(38)35-24-16-18-34-19-17-24/h5-21,36-37H,1-4H3,(H,34,35,38). The Morgan fingerprint density at radius 2 is 1.67 bits per heavy atom. The molecule has 0 fully saturated rings. The maximum absolute atomic E-state index is 13.3. The molecule has 42 heavy (non-hydrogen) atoms. The largest absolute Gasteiger partial charge is 0.497 e. The SMILES string of the molecule is COc1cccc(-c2c(C=CC(=O)Nc3ccncc3)[nH]c3ccc(NS(=O)(=O)c4ccc(C(C)(C)C)cc4)cc23)c1. The summed E-state index contributed by atoms with van der Waals surface area (Å²) in [6, 6.07) is 23.2. The lowest BCUT2D eigenvalue weighted by molar-refractivity contribution is -0.111. The summed E-state index contributed by atoms with van der Waals surface area (Å²) in [6.07, 6.45) is 6.35. The van der Waals surface area contributed by atoms with E-state index in [1.807, 2.05) is 42.5 Å². The highest BCUT2D eigenvalue weighted by molar-refractivity contribution is 7.92. The van der Waals surface area contributed by atoms with Crippen molar-refractivity contribution in [1.29, 1.82) is 0 Å². The zero-order valence-corrected chi connectivity index (χ0v) is 24.6. The molecule has 0 aliphatic heterocycles. The van der Waals surface area contributed by atoms with Crippen molar-refractivity contribution in [2.24, 2.45) is 0 Å². The second kappa shape index (κ2) is 11.5. The van der Waals surface area contributed by atoms with Crippen molar-refractivity contribution in [2.75, 3.05) is 17.1 Å². The van der Waals surface area contributed by atoms with Crippen LogP contribution < -0.4 is 14.8 Å². The van der Waals surface area contributed by atoms with Gasteiger partial charge in [-0.05, 0) is 77.2 Å². The molecule has 2 heterocycles. The molecule has 0 unspecified atom stereocenters. The molecule has 0 spiro atoms. The Labute approximate surface area is 245 Å². The van der Waals surface area contributed by atoms with Crippen LogP contribution in [-0.4, -0.2) is 31.4 Å². The Bertz CT molecular complexity index is 1870. The topological polar surface area (TPSA) is 113 Å². The second-order valence-corrected chi connectivity index (χ2v) is 12.5. The second-order valence-electron chi connectivity index (χ2n) is 10.8. The van der Waals surface area contributed by atoms with Crippen molar-refractivity contribution in [3.05, 3.63) is 109 Å². The number of carbonyl (C=O) groups is 1. The third-order valence-corrected chi connectivity index (χ3v) is 8.22. The fourth-order valence-electron chi connectivity index (χ4n) is 4.62. The molecule has 214 valence electrons. The summed E-state index contributed by atoms with van der Waals surface area (Å²) in [7, 11) is -2.23. The first-order valence-electron chi connectivity index (χ1n) is 13.4. The van der Waals surface area contributed by atoms with Gasteiger partial charge in [-0.25, -0.2) is 8.42 Å². The van der Waals surface area contributed by atoms with E-state index in [9.17, 15) is 13.2 Å². The zero-order chi connectivity index (χ0) is 29.9. The van der Waals surface area contributed by atoms with Crippen molar-refractivity contribution < 1.29 is 17.9 Å². The smallest absolute Gasteiger partial charge is 0.261 e. The van der Waals surface area contributed by atoms with Gasteiger partial charge in [0.25, 0.3) is 10.0 Å². The minimum absolute atomic E-state index is 0.0859. The number of amides is 1. The number of sulfonamides is 1. The number of methoxy groups -OCH3 is 1. The summed E-state index contributed by atoms with van der Waals surface area (Å²) < 4.78 is 34.7. The highest BCUT2D eigenvalue weighted by atomic mass is 32.2. The Hall–Kier alpha value is -4.89. The molecule has 5 aromatic rings. The quantitative estimate of drug-likeness (QED) is 0.171. The molecule has 0 aliphatic rings. The van der Waals surface area contributed by atoms with Crippen molar-refractivity contribution in [3.63, 3.8) is 0 Å². The van der Waals surface area contributed by atoms with Crippen LogP contribution in [0.2, 0.25) is 0 Å². The van der Waals surface area contributed by atoms with Crippen molar-refractivity contribution >= 4 is 44.3 Å². The molecule has 0 bridgehead atoms. The first kappa shape index (κ1) is 28.6. The zero-order valence-electron chi connectivity index (χ0n) is 23.8. The van der Waals surface area contributed by atoms with E-state index >= 15 is 0 Å². The summed E-state index contributed by atoms with van der Waals surface area (Å²) in [6.45, 7) is 6.24. The van der Waals surface area contributed by atoms with Gasteiger partial charge >= 0.3 is 0 Å². The predicted molar refractivity (Wildman–Crippen MR) is 168 cm³/mol. The van der Waals surface area contributed by atoms with Crippen molar-refractivity contribution in [1.82, 2.24) is 9.97 Å². The third kappa shape index (κ3) is 6.37. The van der Waals surface area contributed by atoms with E-state index in [2.05, 4.69) is 40.8 Å².